The molecule has 1 saturated heterocycles. The Hall–Kier alpha value is -0.860. The van der Waals surface area contributed by atoms with Crippen LogP contribution in [-0.2, 0) is 16.1 Å². The molecule has 1 aliphatic rings. The van der Waals surface area contributed by atoms with E-state index in [1.165, 1.54) is 5.56 Å². The third kappa shape index (κ3) is 2.83. The van der Waals surface area contributed by atoms with E-state index in [1.807, 2.05) is 18.2 Å². The zero-order chi connectivity index (χ0) is 11.4. The van der Waals surface area contributed by atoms with E-state index in [9.17, 15) is 0 Å². The quantitative estimate of drug-likeness (QED) is 0.759. The van der Waals surface area contributed by atoms with Crippen LogP contribution in [0.15, 0.2) is 30.3 Å². The summed E-state index contributed by atoms with van der Waals surface area (Å²) in [6, 6.07) is 10.3. The zero-order valence-electron chi connectivity index (χ0n) is 10.1. The average Bonchev–Trinajstić information content (AvgIpc) is 2.28. The number of hydrogen-bond acceptors (Lipinski definition) is 2. The molecule has 0 spiro atoms. The minimum Gasteiger partial charge on any atom is -0.377 e. The molecule has 0 aliphatic carbocycles. The standard InChI is InChI=1S/C14H20O2/c1-11(14-12(2)9-16-14)8-15-10-13-6-4-3-5-7-13/h3-7,11-12,14H,8-10H2,1-2H3/t11-,12-,14-/m1/s1. The molecule has 0 amide bonds. The molecule has 0 bridgehead atoms. The van der Waals surface area contributed by atoms with Crippen LogP contribution in [0, 0.1) is 11.8 Å². The largest absolute Gasteiger partial charge is 0.377 e. The maximum Gasteiger partial charge on any atom is 0.0717 e. The Kier molecular flexibility index (Phi) is 3.97. The van der Waals surface area contributed by atoms with E-state index >= 15 is 0 Å². The molecule has 0 saturated carbocycles. The Morgan fingerprint density at radius 3 is 2.69 bits per heavy atom. The molecule has 1 fully saturated rings. The van der Waals surface area contributed by atoms with Gasteiger partial charge in [0, 0.05) is 11.8 Å². The summed E-state index contributed by atoms with van der Waals surface area (Å²) < 4.78 is 11.2. The average molecular weight is 220 g/mol. The highest BCUT2D eigenvalue weighted by molar-refractivity contribution is 5.13. The fourth-order valence-corrected chi connectivity index (χ4v) is 2.16. The highest BCUT2D eigenvalue weighted by atomic mass is 16.5. The van der Waals surface area contributed by atoms with Gasteiger partial charge in [-0.2, -0.15) is 0 Å². The molecule has 2 nitrogen and oxygen atoms in total. The van der Waals surface area contributed by atoms with Gasteiger partial charge < -0.3 is 9.47 Å². The lowest BCUT2D eigenvalue weighted by Gasteiger charge is -2.38. The Morgan fingerprint density at radius 1 is 1.38 bits per heavy atom. The topological polar surface area (TPSA) is 18.5 Å². The van der Waals surface area contributed by atoms with E-state index < -0.39 is 0 Å². The zero-order valence-corrected chi connectivity index (χ0v) is 10.1. The second kappa shape index (κ2) is 5.46. The molecule has 1 aliphatic heterocycles. The van der Waals surface area contributed by atoms with Gasteiger partial charge in [0.05, 0.1) is 25.9 Å². The Morgan fingerprint density at radius 2 is 2.12 bits per heavy atom. The summed E-state index contributed by atoms with van der Waals surface area (Å²) in [5, 5.41) is 0. The lowest BCUT2D eigenvalue weighted by molar-refractivity contribution is -0.145. The van der Waals surface area contributed by atoms with E-state index in [-0.39, 0.29) is 0 Å². The van der Waals surface area contributed by atoms with Crippen LogP contribution in [0.2, 0.25) is 0 Å². The maximum absolute atomic E-state index is 5.71. The lowest BCUT2D eigenvalue weighted by atomic mass is 9.90. The van der Waals surface area contributed by atoms with Gasteiger partial charge in [-0.05, 0) is 5.56 Å². The van der Waals surface area contributed by atoms with Crippen molar-refractivity contribution in [3.05, 3.63) is 35.9 Å². The minimum absolute atomic E-state index is 0.399. The summed E-state index contributed by atoms with van der Waals surface area (Å²) in [6.45, 7) is 6.83. The van der Waals surface area contributed by atoms with Crippen LogP contribution < -0.4 is 0 Å². The van der Waals surface area contributed by atoms with Crippen LogP contribution in [0.1, 0.15) is 19.4 Å². The normalized spacial score (nSPS) is 26.1. The monoisotopic (exact) mass is 220 g/mol. The van der Waals surface area contributed by atoms with Crippen molar-refractivity contribution >= 4 is 0 Å². The fraction of sp³-hybridized carbons (Fsp3) is 0.571. The van der Waals surface area contributed by atoms with Crippen LogP contribution in [0.25, 0.3) is 0 Å². The van der Waals surface area contributed by atoms with Gasteiger partial charge in [0.1, 0.15) is 0 Å². The van der Waals surface area contributed by atoms with Gasteiger partial charge in [0.2, 0.25) is 0 Å². The third-order valence-electron chi connectivity index (χ3n) is 3.17. The van der Waals surface area contributed by atoms with Gasteiger partial charge in [0.25, 0.3) is 0 Å². The first-order chi connectivity index (χ1) is 7.77. The van der Waals surface area contributed by atoms with Gasteiger partial charge in [0.15, 0.2) is 0 Å². The van der Waals surface area contributed by atoms with E-state index in [0.717, 1.165) is 13.2 Å². The van der Waals surface area contributed by atoms with Crippen molar-refractivity contribution in [1.82, 2.24) is 0 Å². The summed E-state index contributed by atoms with van der Waals surface area (Å²) in [6.07, 6.45) is 0.399. The molecule has 1 aromatic rings. The fourth-order valence-electron chi connectivity index (χ4n) is 2.16. The van der Waals surface area contributed by atoms with Crippen LogP contribution in [-0.4, -0.2) is 19.3 Å². The van der Waals surface area contributed by atoms with Crippen LogP contribution in [0.3, 0.4) is 0 Å². The molecule has 0 unspecified atom stereocenters. The molecule has 2 rings (SSSR count). The smallest absolute Gasteiger partial charge is 0.0717 e. The molecule has 16 heavy (non-hydrogen) atoms. The number of ether oxygens (including phenoxy) is 2. The number of benzene rings is 1. The molecular weight excluding hydrogens is 200 g/mol. The van der Waals surface area contributed by atoms with E-state index in [2.05, 4.69) is 26.0 Å². The van der Waals surface area contributed by atoms with Crippen molar-refractivity contribution in [3.8, 4) is 0 Å². The molecule has 0 radical (unpaired) electrons. The SMILES string of the molecule is C[C@H](COCc1ccccc1)[C@H]1OC[C@H]1C. The molecule has 3 atom stereocenters. The molecule has 88 valence electrons. The van der Waals surface area contributed by atoms with E-state index in [4.69, 9.17) is 9.47 Å². The summed E-state index contributed by atoms with van der Waals surface area (Å²) in [5.41, 5.74) is 1.23. The molecule has 1 aromatic carbocycles. The van der Waals surface area contributed by atoms with Crippen molar-refractivity contribution in [2.45, 2.75) is 26.6 Å². The van der Waals surface area contributed by atoms with Crippen molar-refractivity contribution in [3.63, 3.8) is 0 Å². The first-order valence-electron chi connectivity index (χ1n) is 6.00. The predicted molar refractivity (Wildman–Crippen MR) is 64.2 cm³/mol. The first-order valence-corrected chi connectivity index (χ1v) is 6.00. The summed E-state index contributed by atoms with van der Waals surface area (Å²) in [5.74, 6) is 1.18. The summed E-state index contributed by atoms with van der Waals surface area (Å²) in [4.78, 5) is 0. The molecule has 0 N–H and O–H groups in total. The van der Waals surface area contributed by atoms with Gasteiger partial charge in [-0.15, -0.1) is 0 Å². The molecule has 0 aromatic heterocycles. The Bertz CT molecular complexity index is 310. The van der Waals surface area contributed by atoms with Gasteiger partial charge in [-0.3, -0.25) is 0 Å². The minimum atomic E-state index is 0.399. The lowest BCUT2D eigenvalue weighted by Crippen LogP contribution is -2.43. The predicted octanol–water partition coefficient (Wildman–Crippen LogP) is 2.87. The van der Waals surface area contributed by atoms with Crippen LogP contribution in [0.5, 0.6) is 0 Å². The van der Waals surface area contributed by atoms with Crippen molar-refractivity contribution in [2.24, 2.45) is 11.8 Å². The van der Waals surface area contributed by atoms with Crippen LogP contribution in [0.4, 0.5) is 0 Å². The van der Waals surface area contributed by atoms with Gasteiger partial charge in [-0.1, -0.05) is 44.2 Å². The molecule has 2 heteroatoms. The van der Waals surface area contributed by atoms with E-state index in [1.54, 1.807) is 0 Å². The highest BCUT2D eigenvalue weighted by Crippen LogP contribution is 2.26. The number of hydrogen-bond donors (Lipinski definition) is 0. The Balaban J connectivity index is 1.68. The van der Waals surface area contributed by atoms with Crippen molar-refractivity contribution in [2.75, 3.05) is 13.2 Å². The second-order valence-electron chi connectivity index (χ2n) is 4.75. The highest BCUT2D eigenvalue weighted by Gasteiger charge is 2.32. The number of rotatable bonds is 5. The third-order valence-corrected chi connectivity index (χ3v) is 3.17. The van der Waals surface area contributed by atoms with E-state index in [0.29, 0.717) is 24.5 Å². The first kappa shape index (κ1) is 11.6. The van der Waals surface area contributed by atoms with Crippen molar-refractivity contribution < 1.29 is 9.47 Å². The maximum atomic E-state index is 5.71. The summed E-state index contributed by atoms with van der Waals surface area (Å²) in [7, 11) is 0. The molecule has 1 heterocycles. The Labute approximate surface area is 97.6 Å². The van der Waals surface area contributed by atoms with Crippen molar-refractivity contribution in [1.29, 1.82) is 0 Å². The second-order valence-corrected chi connectivity index (χ2v) is 4.75. The molecular formula is C14H20O2. The van der Waals surface area contributed by atoms with Gasteiger partial charge in [-0.25, -0.2) is 0 Å². The van der Waals surface area contributed by atoms with Crippen LogP contribution >= 0.6 is 0 Å². The van der Waals surface area contributed by atoms with Gasteiger partial charge >= 0.3 is 0 Å². The summed E-state index contributed by atoms with van der Waals surface area (Å²) >= 11 is 0.